The van der Waals surface area contributed by atoms with E-state index < -0.39 is 17.8 Å². The molecule has 0 saturated carbocycles. The fourth-order valence-corrected chi connectivity index (χ4v) is 0.482. The first-order valence-corrected chi connectivity index (χ1v) is 3.13. The summed E-state index contributed by atoms with van der Waals surface area (Å²) in [4.78, 5) is 20.8. The van der Waals surface area contributed by atoms with Gasteiger partial charge in [0.1, 0.15) is 0 Å². The Kier molecular flexibility index (Phi) is 3.62. The van der Waals surface area contributed by atoms with Crippen LogP contribution in [0.25, 0.3) is 0 Å². The molecule has 0 aromatic rings. The summed E-state index contributed by atoms with van der Waals surface area (Å²) in [6.07, 6.45) is 0. The lowest BCUT2D eigenvalue weighted by Crippen LogP contribution is -2.45. The van der Waals surface area contributed by atoms with Gasteiger partial charge in [-0.3, -0.25) is 0 Å². The molecule has 70 valence electrons. The highest BCUT2D eigenvalue weighted by atomic mass is 19.2. The molecule has 1 N–H and O–H groups in total. The van der Waals surface area contributed by atoms with E-state index in [-0.39, 0.29) is 6.61 Å². The largest absolute Gasteiger partial charge is 0.477 e. The molecule has 1 unspecified atom stereocenters. The number of alkyl halides is 1. The molecule has 0 amide bonds. The van der Waals surface area contributed by atoms with Gasteiger partial charge in [-0.25, -0.2) is 9.59 Å². The molecule has 0 rings (SSSR count). The van der Waals surface area contributed by atoms with Crippen LogP contribution in [-0.2, 0) is 19.1 Å². The van der Waals surface area contributed by atoms with Crippen molar-refractivity contribution in [3.05, 3.63) is 0 Å². The number of carbonyl (C=O) groups is 2. The van der Waals surface area contributed by atoms with Gasteiger partial charge in [-0.2, -0.15) is 4.39 Å². The predicted molar refractivity (Wildman–Crippen MR) is 35.1 cm³/mol. The molecule has 0 aliphatic carbocycles. The Labute approximate surface area is 68.1 Å². The van der Waals surface area contributed by atoms with Crippen molar-refractivity contribution in [1.29, 1.82) is 0 Å². The number of hydrogen-bond acceptors (Lipinski definition) is 4. The summed E-state index contributed by atoms with van der Waals surface area (Å²) >= 11 is 0. The summed E-state index contributed by atoms with van der Waals surface area (Å²) in [6, 6.07) is 0. The summed E-state index contributed by atoms with van der Waals surface area (Å²) < 4.78 is 20.9. The molecule has 0 aliphatic rings. The van der Waals surface area contributed by atoms with E-state index in [2.05, 4.69) is 9.47 Å². The minimum atomic E-state index is -3.39. The van der Waals surface area contributed by atoms with Gasteiger partial charge in [0.25, 0.3) is 0 Å². The second-order valence-electron chi connectivity index (χ2n) is 1.83. The third-order valence-electron chi connectivity index (χ3n) is 1.09. The summed E-state index contributed by atoms with van der Waals surface area (Å²) in [7, 11) is 0.769. The van der Waals surface area contributed by atoms with Crippen LogP contribution in [0.15, 0.2) is 0 Å². The molecule has 0 spiro atoms. The zero-order valence-electron chi connectivity index (χ0n) is 6.67. The van der Waals surface area contributed by atoms with Crippen molar-refractivity contribution in [1.82, 2.24) is 0 Å². The molecule has 0 saturated heterocycles. The number of hydrogen-bond donors (Lipinski definition) is 1. The van der Waals surface area contributed by atoms with Crippen molar-refractivity contribution in [2.75, 3.05) is 13.7 Å². The van der Waals surface area contributed by atoms with Crippen LogP contribution in [-0.4, -0.2) is 36.6 Å². The molecule has 5 nitrogen and oxygen atoms in total. The van der Waals surface area contributed by atoms with E-state index in [0.29, 0.717) is 0 Å². The number of ether oxygens (including phenoxy) is 2. The molecule has 0 bridgehead atoms. The number of carbonyl (C=O) groups excluding carboxylic acids is 1. The maximum atomic E-state index is 12.9. The van der Waals surface area contributed by atoms with Crippen LogP contribution >= 0.6 is 0 Å². The quantitative estimate of drug-likeness (QED) is 0.485. The molecule has 0 radical (unpaired) electrons. The van der Waals surface area contributed by atoms with E-state index in [4.69, 9.17) is 5.11 Å². The summed E-state index contributed by atoms with van der Waals surface area (Å²) in [6.45, 7) is 1.32. The van der Waals surface area contributed by atoms with Gasteiger partial charge < -0.3 is 14.6 Å². The lowest BCUT2D eigenvalue weighted by Gasteiger charge is -2.15. The molecule has 6 heteroatoms. The maximum absolute atomic E-state index is 12.9. The minimum absolute atomic E-state index is 0.110. The van der Waals surface area contributed by atoms with Crippen LogP contribution in [0.1, 0.15) is 6.92 Å². The third kappa shape index (κ3) is 1.91. The van der Waals surface area contributed by atoms with Gasteiger partial charge in [0.15, 0.2) is 0 Å². The lowest BCUT2D eigenvalue weighted by molar-refractivity contribution is -0.207. The first-order chi connectivity index (χ1) is 5.49. The molecular formula is C6H9FO5. The smallest absolute Gasteiger partial charge is 0.404 e. The fourth-order valence-electron chi connectivity index (χ4n) is 0.482. The molecule has 0 aliphatic heterocycles. The van der Waals surface area contributed by atoms with Gasteiger partial charge >= 0.3 is 17.8 Å². The Balaban J connectivity index is 4.52. The van der Waals surface area contributed by atoms with E-state index >= 15 is 0 Å². The maximum Gasteiger partial charge on any atom is 0.404 e. The van der Waals surface area contributed by atoms with Gasteiger partial charge in [0.2, 0.25) is 0 Å². The van der Waals surface area contributed by atoms with E-state index in [1.165, 1.54) is 6.92 Å². The highest BCUT2D eigenvalue weighted by Crippen LogP contribution is 2.14. The Morgan fingerprint density at radius 1 is 1.58 bits per heavy atom. The summed E-state index contributed by atoms with van der Waals surface area (Å²) in [5.74, 6) is -6.97. The number of carboxylic acids is 1. The highest BCUT2D eigenvalue weighted by molar-refractivity contribution is 6.00. The lowest BCUT2D eigenvalue weighted by atomic mass is 10.3. The number of rotatable bonds is 4. The zero-order valence-corrected chi connectivity index (χ0v) is 6.67. The van der Waals surface area contributed by atoms with Crippen molar-refractivity contribution in [3.8, 4) is 0 Å². The number of halogens is 1. The summed E-state index contributed by atoms with van der Waals surface area (Å²) in [5.41, 5.74) is 0. The van der Waals surface area contributed by atoms with Crippen molar-refractivity contribution in [3.63, 3.8) is 0 Å². The van der Waals surface area contributed by atoms with E-state index in [9.17, 15) is 14.0 Å². The van der Waals surface area contributed by atoms with Crippen LogP contribution in [0.4, 0.5) is 4.39 Å². The number of aliphatic carboxylic acids is 1. The van der Waals surface area contributed by atoms with Crippen LogP contribution < -0.4 is 0 Å². The van der Waals surface area contributed by atoms with Gasteiger partial charge in [-0.1, -0.05) is 0 Å². The van der Waals surface area contributed by atoms with Gasteiger partial charge in [-0.15, -0.1) is 0 Å². The second-order valence-corrected chi connectivity index (χ2v) is 1.83. The zero-order chi connectivity index (χ0) is 9.78. The topological polar surface area (TPSA) is 72.8 Å². The van der Waals surface area contributed by atoms with E-state index in [1.54, 1.807) is 0 Å². The number of carboxylic acid groups (broad SMARTS) is 1. The van der Waals surface area contributed by atoms with Gasteiger partial charge in [0, 0.05) is 7.11 Å². The van der Waals surface area contributed by atoms with Gasteiger partial charge in [-0.05, 0) is 6.92 Å². The number of methoxy groups -OCH3 is 1. The molecule has 0 aromatic carbocycles. The SMILES string of the molecule is CCOC(=O)C(F)(OC)C(=O)O. The third-order valence-corrected chi connectivity index (χ3v) is 1.09. The average Bonchev–Trinajstić information content (AvgIpc) is 2.03. The fraction of sp³-hybridized carbons (Fsp3) is 0.667. The van der Waals surface area contributed by atoms with E-state index in [1.807, 2.05) is 0 Å². The van der Waals surface area contributed by atoms with E-state index in [0.717, 1.165) is 7.11 Å². The predicted octanol–water partition coefficient (Wildman–Crippen LogP) is -0.0537. The number of esters is 1. The van der Waals surface area contributed by atoms with Crippen LogP contribution in [0.3, 0.4) is 0 Å². The second kappa shape index (κ2) is 4.01. The first-order valence-electron chi connectivity index (χ1n) is 3.13. The molecule has 12 heavy (non-hydrogen) atoms. The average molecular weight is 180 g/mol. The normalized spacial score (nSPS) is 14.9. The van der Waals surface area contributed by atoms with Crippen LogP contribution in [0, 0.1) is 0 Å². The van der Waals surface area contributed by atoms with Gasteiger partial charge in [0.05, 0.1) is 6.61 Å². The molecular weight excluding hydrogens is 171 g/mol. The minimum Gasteiger partial charge on any atom is -0.477 e. The first kappa shape index (κ1) is 10.8. The van der Waals surface area contributed by atoms with Crippen LogP contribution in [0.2, 0.25) is 0 Å². The Bertz CT molecular complexity index is 192. The molecule has 0 aromatic heterocycles. The Hall–Kier alpha value is -1.17. The summed E-state index contributed by atoms with van der Waals surface area (Å²) in [5, 5.41) is 8.23. The Morgan fingerprint density at radius 3 is 2.33 bits per heavy atom. The molecule has 1 atom stereocenters. The van der Waals surface area contributed by atoms with Crippen molar-refractivity contribution < 1.29 is 28.6 Å². The van der Waals surface area contributed by atoms with Crippen molar-refractivity contribution in [2.45, 2.75) is 12.8 Å². The van der Waals surface area contributed by atoms with Crippen molar-refractivity contribution in [2.24, 2.45) is 0 Å². The standard InChI is InChI=1S/C6H9FO5/c1-3-12-5(10)6(7,11-2)4(8)9/h3H2,1-2H3,(H,8,9). The Morgan fingerprint density at radius 2 is 2.08 bits per heavy atom. The molecule has 0 fully saturated rings. The van der Waals surface area contributed by atoms with Crippen molar-refractivity contribution >= 4 is 11.9 Å². The molecule has 0 heterocycles. The van der Waals surface area contributed by atoms with Crippen LogP contribution in [0.5, 0.6) is 0 Å². The monoisotopic (exact) mass is 180 g/mol. The highest BCUT2D eigenvalue weighted by Gasteiger charge is 2.49.